The number of nitriles is 1. The van der Waals surface area contributed by atoms with E-state index in [-0.39, 0.29) is 4.90 Å². The van der Waals surface area contributed by atoms with Crippen molar-refractivity contribution in [3.05, 3.63) is 29.3 Å². The smallest absolute Gasteiger partial charge is 0.243 e. The number of nitrogens with zero attached hydrogens (tertiary/aromatic N) is 2. The van der Waals surface area contributed by atoms with E-state index in [1.54, 1.807) is 13.0 Å². The highest BCUT2D eigenvalue weighted by molar-refractivity contribution is 7.89. The number of morpholine rings is 1. The lowest BCUT2D eigenvalue weighted by atomic mass is 10.2. The van der Waals surface area contributed by atoms with Crippen molar-refractivity contribution < 1.29 is 13.2 Å². The van der Waals surface area contributed by atoms with E-state index in [2.05, 4.69) is 0 Å². The fourth-order valence-electron chi connectivity index (χ4n) is 1.93. The zero-order chi connectivity index (χ0) is 13.2. The van der Waals surface area contributed by atoms with Gasteiger partial charge in [0.25, 0.3) is 0 Å². The summed E-state index contributed by atoms with van der Waals surface area (Å²) in [6, 6.07) is 6.61. The molecule has 1 aliphatic heterocycles. The van der Waals surface area contributed by atoms with Crippen LogP contribution in [0.1, 0.15) is 11.1 Å². The SMILES string of the molecule is Cc1cc(C#N)ccc1S(=O)(=O)N1CCOCC1. The monoisotopic (exact) mass is 266 g/mol. The molecule has 0 saturated carbocycles. The summed E-state index contributed by atoms with van der Waals surface area (Å²) in [5, 5.41) is 8.78. The standard InChI is InChI=1S/C12H14N2O3S/c1-10-8-11(9-13)2-3-12(10)18(15,16)14-4-6-17-7-5-14/h2-3,8H,4-7H2,1H3. The van der Waals surface area contributed by atoms with Crippen LogP contribution in [-0.2, 0) is 14.8 Å². The third-order valence-corrected chi connectivity index (χ3v) is 4.95. The normalized spacial score (nSPS) is 17.3. The molecular formula is C12H14N2O3S. The van der Waals surface area contributed by atoms with Crippen LogP contribution in [0.25, 0.3) is 0 Å². The Hall–Kier alpha value is -1.42. The average Bonchev–Trinajstić information content (AvgIpc) is 2.39. The zero-order valence-electron chi connectivity index (χ0n) is 10.1. The average molecular weight is 266 g/mol. The maximum Gasteiger partial charge on any atom is 0.243 e. The van der Waals surface area contributed by atoms with Crippen LogP contribution in [0.15, 0.2) is 23.1 Å². The van der Waals surface area contributed by atoms with E-state index in [1.807, 2.05) is 6.07 Å². The summed E-state index contributed by atoms with van der Waals surface area (Å²) in [7, 11) is -3.47. The number of sulfonamides is 1. The molecular weight excluding hydrogens is 252 g/mol. The van der Waals surface area contributed by atoms with E-state index in [0.29, 0.717) is 37.4 Å². The van der Waals surface area contributed by atoms with Crippen molar-refractivity contribution in [2.45, 2.75) is 11.8 Å². The number of rotatable bonds is 2. The Morgan fingerprint density at radius 3 is 2.56 bits per heavy atom. The van der Waals surface area contributed by atoms with Crippen molar-refractivity contribution >= 4 is 10.0 Å². The molecule has 1 aliphatic rings. The van der Waals surface area contributed by atoms with E-state index in [4.69, 9.17) is 10.00 Å². The summed E-state index contributed by atoms with van der Waals surface area (Å²) in [5.74, 6) is 0. The lowest BCUT2D eigenvalue weighted by Crippen LogP contribution is -2.40. The Labute approximate surface area is 107 Å². The van der Waals surface area contributed by atoms with Crippen molar-refractivity contribution in [3.8, 4) is 6.07 Å². The topological polar surface area (TPSA) is 70.4 Å². The first-order valence-electron chi connectivity index (χ1n) is 5.64. The molecule has 1 aromatic rings. The molecule has 1 aromatic carbocycles. The van der Waals surface area contributed by atoms with Crippen molar-refractivity contribution in [2.24, 2.45) is 0 Å². The molecule has 0 N–H and O–H groups in total. The van der Waals surface area contributed by atoms with E-state index in [9.17, 15) is 8.42 Å². The zero-order valence-corrected chi connectivity index (χ0v) is 10.9. The van der Waals surface area contributed by atoms with E-state index in [1.165, 1.54) is 16.4 Å². The van der Waals surface area contributed by atoms with Gasteiger partial charge in [-0.2, -0.15) is 9.57 Å². The highest BCUT2D eigenvalue weighted by Gasteiger charge is 2.27. The third-order valence-electron chi connectivity index (χ3n) is 2.89. The van der Waals surface area contributed by atoms with Gasteiger partial charge in [0.05, 0.1) is 29.7 Å². The summed E-state index contributed by atoms with van der Waals surface area (Å²) < 4.78 is 31.4. The Bertz CT molecular complexity index is 584. The molecule has 96 valence electrons. The minimum absolute atomic E-state index is 0.267. The highest BCUT2D eigenvalue weighted by atomic mass is 32.2. The molecule has 2 rings (SSSR count). The largest absolute Gasteiger partial charge is 0.379 e. The van der Waals surface area contributed by atoms with Crippen LogP contribution >= 0.6 is 0 Å². The maximum atomic E-state index is 12.4. The predicted molar refractivity (Wildman–Crippen MR) is 65.5 cm³/mol. The van der Waals surface area contributed by atoms with E-state index < -0.39 is 10.0 Å². The van der Waals surface area contributed by atoms with Gasteiger partial charge in [-0.05, 0) is 30.7 Å². The van der Waals surface area contributed by atoms with Gasteiger partial charge in [-0.1, -0.05) is 0 Å². The number of hydrogen-bond acceptors (Lipinski definition) is 4. The third kappa shape index (κ3) is 2.38. The first-order chi connectivity index (χ1) is 8.55. The second kappa shape index (κ2) is 5.06. The highest BCUT2D eigenvalue weighted by Crippen LogP contribution is 2.21. The van der Waals surface area contributed by atoms with Gasteiger partial charge in [0.2, 0.25) is 10.0 Å². The van der Waals surface area contributed by atoms with Gasteiger partial charge >= 0.3 is 0 Å². The number of benzene rings is 1. The molecule has 1 heterocycles. The molecule has 1 fully saturated rings. The van der Waals surface area contributed by atoms with Crippen molar-refractivity contribution in [3.63, 3.8) is 0 Å². The Morgan fingerprint density at radius 2 is 2.00 bits per heavy atom. The molecule has 0 atom stereocenters. The second-order valence-electron chi connectivity index (χ2n) is 4.11. The maximum absolute atomic E-state index is 12.4. The molecule has 0 unspecified atom stereocenters. The van der Waals surface area contributed by atoms with Crippen molar-refractivity contribution in [2.75, 3.05) is 26.3 Å². The van der Waals surface area contributed by atoms with Gasteiger partial charge in [-0.3, -0.25) is 0 Å². The molecule has 0 radical (unpaired) electrons. The molecule has 0 spiro atoms. The Kier molecular flexibility index (Phi) is 3.66. The number of aryl methyl sites for hydroxylation is 1. The second-order valence-corrected chi connectivity index (χ2v) is 6.01. The molecule has 0 amide bonds. The minimum atomic E-state index is -3.47. The van der Waals surface area contributed by atoms with Crippen LogP contribution in [-0.4, -0.2) is 39.0 Å². The van der Waals surface area contributed by atoms with E-state index >= 15 is 0 Å². The molecule has 1 saturated heterocycles. The van der Waals surface area contributed by atoms with Gasteiger partial charge in [0.1, 0.15) is 0 Å². The summed E-state index contributed by atoms with van der Waals surface area (Å²) in [5.41, 5.74) is 1.06. The molecule has 6 heteroatoms. The van der Waals surface area contributed by atoms with E-state index in [0.717, 1.165) is 0 Å². The fourth-order valence-corrected chi connectivity index (χ4v) is 3.55. The quantitative estimate of drug-likeness (QED) is 0.797. The molecule has 0 bridgehead atoms. The summed E-state index contributed by atoms with van der Waals surface area (Å²) in [4.78, 5) is 0.267. The Morgan fingerprint density at radius 1 is 1.33 bits per heavy atom. The van der Waals surface area contributed by atoms with Crippen LogP contribution in [0.2, 0.25) is 0 Å². The van der Waals surface area contributed by atoms with Gasteiger partial charge in [-0.25, -0.2) is 8.42 Å². The number of hydrogen-bond donors (Lipinski definition) is 0. The summed E-state index contributed by atoms with van der Waals surface area (Å²) >= 11 is 0. The van der Waals surface area contributed by atoms with Crippen LogP contribution in [0, 0.1) is 18.3 Å². The van der Waals surface area contributed by atoms with Crippen LogP contribution < -0.4 is 0 Å². The molecule has 5 nitrogen and oxygen atoms in total. The molecule has 18 heavy (non-hydrogen) atoms. The summed E-state index contributed by atoms with van der Waals surface area (Å²) in [6.07, 6.45) is 0. The van der Waals surface area contributed by atoms with Crippen LogP contribution in [0.3, 0.4) is 0 Å². The van der Waals surface area contributed by atoms with Crippen molar-refractivity contribution in [1.82, 2.24) is 4.31 Å². The Balaban J connectivity index is 2.38. The van der Waals surface area contributed by atoms with Crippen molar-refractivity contribution in [1.29, 1.82) is 5.26 Å². The fraction of sp³-hybridized carbons (Fsp3) is 0.417. The lowest BCUT2D eigenvalue weighted by Gasteiger charge is -2.26. The lowest BCUT2D eigenvalue weighted by molar-refractivity contribution is 0.0730. The van der Waals surface area contributed by atoms with Gasteiger partial charge in [-0.15, -0.1) is 0 Å². The van der Waals surface area contributed by atoms with Gasteiger partial charge < -0.3 is 4.74 Å². The molecule has 0 aliphatic carbocycles. The molecule has 0 aromatic heterocycles. The minimum Gasteiger partial charge on any atom is -0.379 e. The first kappa shape index (κ1) is 13.0. The van der Waals surface area contributed by atoms with Crippen LogP contribution in [0.4, 0.5) is 0 Å². The first-order valence-corrected chi connectivity index (χ1v) is 7.08. The van der Waals surface area contributed by atoms with Gasteiger partial charge in [0.15, 0.2) is 0 Å². The summed E-state index contributed by atoms with van der Waals surface area (Å²) in [6.45, 7) is 3.31. The van der Waals surface area contributed by atoms with Gasteiger partial charge in [0, 0.05) is 13.1 Å². The van der Waals surface area contributed by atoms with Crippen LogP contribution in [0.5, 0.6) is 0 Å². The predicted octanol–water partition coefficient (Wildman–Crippen LogP) is 0.888. The number of ether oxygens (including phenoxy) is 1.